The van der Waals surface area contributed by atoms with Gasteiger partial charge in [-0.2, -0.15) is 0 Å². The first-order valence-electron chi connectivity index (χ1n) is 6.63. The SMILES string of the molecule is CC1CCCC(C(NN)c2cc(Br)ccc2N)C1. The van der Waals surface area contributed by atoms with Crippen LogP contribution in [0.5, 0.6) is 0 Å². The molecule has 0 spiro atoms. The van der Waals surface area contributed by atoms with E-state index in [1.165, 1.54) is 25.7 Å². The summed E-state index contributed by atoms with van der Waals surface area (Å²) in [5.74, 6) is 7.14. The van der Waals surface area contributed by atoms with E-state index in [1.807, 2.05) is 12.1 Å². The molecule has 1 fully saturated rings. The molecular formula is C14H22BrN3. The first-order chi connectivity index (χ1) is 8.61. The van der Waals surface area contributed by atoms with Crippen LogP contribution in [0.4, 0.5) is 5.69 Å². The molecule has 0 amide bonds. The average molecular weight is 312 g/mol. The molecule has 4 heteroatoms. The topological polar surface area (TPSA) is 64.1 Å². The van der Waals surface area contributed by atoms with Gasteiger partial charge in [-0.05, 0) is 48.4 Å². The minimum Gasteiger partial charge on any atom is -0.398 e. The van der Waals surface area contributed by atoms with Crippen LogP contribution in [0.15, 0.2) is 22.7 Å². The summed E-state index contributed by atoms with van der Waals surface area (Å²) in [6.07, 6.45) is 5.08. The Kier molecular flexibility index (Phi) is 4.65. The zero-order valence-corrected chi connectivity index (χ0v) is 12.4. The van der Waals surface area contributed by atoms with E-state index in [4.69, 9.17) is 11.6 Å². The van der Waals surface area contributed by atoms with E-state index in [9.17, 15) is 0 Å². The van der Waals surface area contributed by atoms with Gasteiger partial charge in [0.25, 0.3) is 0 Å². The molecule has 1 aromatic carbocycles. The van der Waals surface area contributed by atoms with E-state index in [0.717, 1.165) is 21.6 Å². The molecule has 1 aliphatic carbocycles. The summed E-state index contributed by atoms with van der Waals surface area (Å²) in [4.78, 5) is 0. The summed E-state index contributed by atoms with van der Waals surface area (Å²) in [6, 6.07) is 6.15. The van der Waals surface area contributed by atoms with Crippen molar-refractivity contribution in [2.45, 2.75) is 38.6 Å². The zero-order valence-electron chi connectivity index (χ0n) is 10.8. The normalized spacial score (nSPS) is 25.9. The zero-order chi connectivity index (χ0) is 13.1. The van der Waals surface area contributed by atoms with Crippen LogP contribution in [0.1, 0.15) is 44.2 Å². The van der Waals surface area contributed by atoms with Crippen LogP contribution in [0, 0.1) is 11.8 Å². The van der Waals surface area contributed by atoms with Gasteiger partial charge in [0.2, 0.25) is 0 Å². The Morgan fingerprint density at radius 2 is 2.17 bits per heavy atom. The number of nitrogen functional groups attached to an aromatic ring is 1. The van der Waals surface area contributed by atoms with Crippen molar-refractivity contribution in [3.63, 3.8) is 0 Å². The van der Waals surface area contributed by atoms with Crippen LogP contribution in [0.25, 0.3) is 0 Å². The van der Waals surface area contributed by atoms with Crippen LogP contribution in [-0.2, 0) is 0 Å². The van der Waals surface area contributed by atoms with Gasteiger partial charge in [0.15, 0.2) is 0 Å². The average Bonchev–Trinajstić information content (AvgIpc) is 2.35. The number of anilines is 1. The summed E-state index contributed by atoms with van der Waals surface area (Å²) in [7, 11) is 0. The van der Waals surface area contributed by atoms with E-state index < -0.39 is 0 Å². The molecule has 1 aromatic rings. The molecule has 3 atom stereocenters. The molecule has 18 heavy (non-hydrogen) atoms. The Balaban J connectivity index is 2.24. The van der Waals surface area contributed by atoms with Crippen molar-refractivity contribution >= 4 is 21.6 Å². The Morgan fingerprint density at radius 1 is 1.39 bits per heavy atom. The van der Waals surface area contributed by atoms with Gasteiger partial charge in [-0.15, -0.1) is 0 Å². The maximum absolute atomic E-state index is 6.09. The van der Waals surface area contributed by atoms with Crippen molar-refractivity contribution < 1.29 is 0 Å². The van der Waals surface area contributed by atoms with Crippen molar-refractivity contribution in [1.29, 1.82) is 0 Å². The third-order valence-electron chi connectivity index (χ3n) is 4.01. The van der Waals surface area contributed by atoms with Gasteiger partial charge in [0.05, 0.1) is 6.04 Å². The van der Waals surface area contributed by atoms with E-state index in [0.29, 0.717) is 5.92 Å². The van der Waals surface area contributed by atoms with Gasteiger partial charge in [0.1, 0.15) is 0 Å². The summed E-state index contributed by atoms with van der Waals surface area (Å²) < 4.78 is 1.05. The lowest BCUT2D eigenvalue weighted by molar-refractivity contribution is 0.225. The number of hydrogen-bond acceptors (Lipinski definition) is 3. The van der Waals surface area contributed by atoms with E-state index >= 15 is 0 Å². The number of hydrazine groups is 1. The van der Waals surface area contributed by atoms with Gasteiger partial charge in [0, 0.05) is 10.2 Å². The number of nitrogens with one attached hydrogen (secondary N) is 1. The summed E-state index contributed by atoms with van der Waals surface area (Å²) >= 11 is 3.51. The van der Waals surface area contributed by atoms with E-state index in [-0.39, 0.29) is 6.04 Å². The Bertz CT molecular complexity index is 408. The molecule has 0 saturated heterocycles. The minimum atomic E-state index is 0.158. The number of hydrogen-bond donors (Lipinski definition) is 3. The largest absolute Gasteiger partial charge is 0.398 e. The number of halogens is 1. The maximum Gasteiger partial charge on any atom is 0.0508 e. The first-order valence-corrected chi connectivity index (χ1v) is 7.42. The predicted molar refractivity (Wildman–Crippen MR) is 79.7 cm³/mol. The van der Waals surface area contributed by atoms with Crippen LogP contribution in [0.3, 0.4) is 0 Å². The molecule has 2 rings (SSSR count). The molecule has 1 saturated carbocycles. The lowest BCUT2D eigenvalue weighted by Gasteiger charge is -2.33. The highest BCUT2D eigenvalue weighted by Crippen LogP contribution is 2.38. The second kappa shape index (κ2) is 6.04. The highest BCUT2D eigenvalue weighted by molar-refractivity contribution is 9.10. The molecule has 1 aliphatic rings. The third-order valence-corrected chi connectivity index (χ3v) is 4.51. The van der Waals surface area contributed by atoms with Crippen LogP contribution < -0.4 is 17.0 Å². The monoisotopic (exact) mass is 311 g/mol. The van der Waals surface area contributed by atoms with Gasteiger partial charge in [-0.3, -0.25) is 11.3 Å². The fraction of sp³-hybridized carbons (Fsp3) is 0.571. The fourth-order valence-corrected chi connectivity index (χ4v) is 3.46. The summed E-state index contributed by atoms with van der Waals surface area (Å²) in [6.45, 7) is 2.32. The highest BCUT2D eigenvalue weighted by Gasteiger charge is 2.28. The highest BCUT2D eigenvalue weighted by atomic mass is 79.9. The first kappa shape index (κ1) is 13.8. The van der Waals surface area contributed by atoms with Crippen molar-refractivity contribution in [1.82, 2.24) is 5.43 Å². The third kappa shape index (κ3) is 3.05. The summed E-state index contributed by atoms with van der Waals surface area (Å²) in [5, 5.41) is 0. The molecular weight excluding hydrogens is 290 g/mol. The van der Waals surface area contributed by atoms with Gasteiger partial charge in [-0.25, -0.2) is 0 Å². The van der Waals surface area contributed by atoms with E-state index in [1.54, 1.807) is 0 Å². The second-order valence-electron chi connectivity index (χ2n) is 5.45. The molecule has 0 aliphatic heterocycles. The van der Waals surface area contributed by atoms with Crippen molar-refractivity contribution in [2.75, 3.05) is 5.73 Å². The minimum absolute atomic E-state index is 0.158. The molecule has 0 aromatic heterocycles. The van der Waals surface area contributed by atoms with Crippen LogP contribution in [-0.4, -0.2) is 0 Å². The smallest absolute Gasteiger partial charge is 0.0508 e. The molecule has 0 heterocycles. The Hall–Kier alpha value is -0.580. The van der Waals surface area contributed by atoms with E-state index in [2.05, 4.69) is 34.3 Å². The second-order valence-corrected chi connectivity index (χ2v) is 6.37. The lowest BCUT2D eigenvalue weighted by Crippen LogP contribution is -2.36. The quantitative estimate of drug-likeness (QED) is 0.455. The Morgan fingerprint density at radius 3 is 2.83 bits per heavy atom. The number of nitrogens with two attached hydrogens (primary N) is 2. The standard InChI is InChI=1S/C14H22BrN3/c1-9-3-2-4-10(7-9)14(18-17)12-8-11(15)5-6-13(12)16/h5-6,8-10,14,18H,2-4,7,16-17H2,1H3. The molecule has 0 bridgehead atoms. The van der Waals surface area contributed by atoms with Gasteiger partial charge in [-0.1, -0.05) is 35.7 Å². The molecule has 0 radical (unpaired) electrons. The van der Waals surface area contributed by atoms with Crippen molar-refractivity contribution in [3.8, 4) is 0 Å². The van der Waals surface area contributed by atoms with Crippen LogP contribution in [0.2, 0.25) is 0 Å². The number of rotatable bonds is 3. The maximum atomic E-state index is 6.09. The fourth-order valence-electron chi connectivity index (χ4n) is 3.08. The summed E-state index contributed by atoms with van der Waals surface area (Å²) in [5.41, 5.74) is 11.0. The molecule has 100 valence electrons. The number of benzene rings is 1. The Labute approximate surface area is 117 Å². The van der Waals surface area contributed by atoms with Gasteiger partial charge < -0.3 is 5.73 Å². The molecule has 3 nitrogen and oxygen atoms in total. The van der Waals surface area contributed by atoms with Crippen LogP contribution >= 0.6 is 15.9 Å². The van der Waals surface area contributed by atoms with Crippen molar-refractivity contribution in [3.05, 3.63) is 28.2 Å². The van der Waals surface area contributed by atoms with Crippen molar-refractivity contribution in [2.24, 2.45) is 17.7 Å². The lowest BCUT2D eigenvalue weighted by atomic mass is 9.76. The predicted octanol–water partition coefficient (Wildman–Crippen LogP) is 3.36. The molecule has 3 unspecified atom stereocenters. The van der Waals surface area contributed by atoms with Gasteiger partial charge >= 0.3 is 0 Å². The molecule has 5 N–H and O–H groups in total.